The predicted molar refractivity (Wildman–Crippen MR) is 67.3 cm³/mol. The molecule has 0 aliphatic carbocycles. The molecular weight excluding hydrogens is 219 g/mol. The van der Waals surface area contributed by atoms with Crippen molar-refractivity contribution in [2.75, 3.05) is 13.1 Å². The number of nitrogens with zero attached hydrogens (tertiary/aromatic N) is 2. The Labute approximate surface area is 103 Å². The van der Waals surface area contributed by atoms with Gasteiger partial charge in [-0.25, -0.2) is 4.39 Å². The highest BCUT2D eigenvalue weighted by molar-refractivity contribution is 5.90. The van der Waals surface area contributed by atoms with Crippen molar-refractivity contribution in [1.82, 2.24) is 9.80 Å². The average molecular weight is 242 g/mol. The van der Waals surface area contributed by atoms with E-state index in [1.165, 1.54) is 0 Å². The van der Waals surface area contributed by atoms with Crippen LogP contribution in [-0.2, 0) is 4.79 Å². The largest absolute Gasteiger partial charge is 0.331 e. The lowest BCUT2D eigenvalue weighted by molar-refractivity contribution is -0.136. The van der Waals surface area contributed by atoms with Crippen LogP contribution >= 0.6 is 0 Å². The summed E-state index contributed by atoms with van der Waals surface area (Å²) in [6, 6.07) is 0.250. The van der Waals surface area contributed by atoms with Crippen molar-refractivity contribution < 1.29 is 9.18 Å². The van der Waals surface area contributed by atoms with Gasteiger partial charge in [-0.2, -0.15) is 0 Å². The minimum atomic E-state index is -0.867. The van der Waals surface area contributed by atoms with Gasteiger partial charge in [-0.1, -0.05) is 6.58 Å². The molecule has 1 amide bonds. The second-order valence-electron chi connectivity index (χ2n) is 5.88. The van der Waals surface area contributed by atoms with Gasteiger partial charge in [0.1, 0.15) is 0 Å². The lowest BCUT2D eigenvalue weighted by Crippen LogP contribution is -2.62. The first kappa shape index (κ1) is 14.2. The normalized spacial score (nSPS) is 27.1. The van der Waals surface area contributed by atoms with Crippen molar-refractivity contribution in [3.8, 4) is 0 Å². The third-order valence-electron chi connectivity index (χ3n) is 3.34. The van der Waals surface area contributed by atoms with E-state index in [0.29, 0.717) is 6.54 Å². The second kappa shape index (κ2) is 4.77. The number of hydrogen-bond acceptors (Lipinski definition) is 2. The fraction of sp³-hybridized carbons (Fsp3) is 0.769. The van der Waals surface area contributed by atoms with Gasteiger partial charge in [0.2, 0.25) is 0 Å². The summed E-state index contributed by atoms with van der Waals surface area (Å²) < 4.78 is 12.9. The van der Waals surface area contributed by atoms with Gasteiger partial charge in [-0.05, 0) is 34.6 Å². The Morgan fingerprint density at radius 1 is 1.24 bits per heavy atom. The molecule has 0 saturated carbocycles. The first-order valence-electron chi connectivity index (χ1n) is 6.06. The third kappa shape index (κ3) is 3.06. The van der Waals surface area contributed by atoms with Crippen molar-refractivity contribution in [1.29, 1.82) is 0 Å². The number of carbonyl (C=O) groups is 1. The summed E-state index contributed by atoms with van der Waals surface area (Å²) in [6.45, 7) is 14.9. The van der Waals surface area contributed by atoms with E-state index in [1.807, 2.05) is 6.92 Å². The van der Waals surface area contributed by atoms with Crippen molar-refractivity contribution in [3.05, 3.63) is 12.4 Å². The topological polar surface area (TPSA) is 23.6 Å². The molecule has 4 heteroatoms. The Hall–Kier alpha value is -0.900. The fourth-order valence-corrected chi connectivity index (χ4v) is 2.50. The van der Waals surface area contributed by atoms with Crippen LogP contribution in [0.15, 0.2) is 12.4 Å². The molecule has 0 aromatic carbocycles. The van der Waals surface area contributed by atoms with Crippen LogP contribution in [0, 0.1) is 0 Å². The first-order valence-corrected chi connectivity index (χ1v) is 6.06. The highest BCUT2D eigenvalue weighted by atomic mass is 19.1. The van der Waals surface area contributed by atoms with Crippen LogP contribution in [0.2, 0.25) is 0 Å². The monoisotopic (exact) mass is 242 g/mol. The molecule has 1 saturated heterocycles. The summed E-state index contributed by atoms with van der Waals surface area (Å²) in [5, 5.41) is 0. The summed E-state index contributed by atoms with van der Waals surface area (Å²) in [4.78, 5) is 15.6. The van der Waals surface area contributed by atoms with Gasteiger partial charge in [0.15, 0.2) is 5.83 Å². The van der Waals surface area contributed by atoms with Gasteiger partial charge in [0.05, 0.1) is 0 Å². The SMILES string of the molecule is C=C(F)C(=O)N1CC(C)N(C(C)(C)C)CC1C. The molecule has 0 bridgehead atoms. The van der Waals surface area contributed by atoms with Crippen LogP contribution in [0.5, 0.6) is 0 Å². The van der Waals surface area contributed by atoms with Crippen LogP contribution in [0.1, 0.15) is 34.6 Å². The average Bonchev–Trinajstić information content (AvgIpc) is 2.18. The summed E-state index contributed by atoms with van der Waals surface area (Å²) in [7, 11) is 0. The molecule has 0 aromatic rings. The third-order valence-corrected chi connectivity index (χ3v) is 3.34. The van der Waals surface area contributed by atoms with E-state index >= 15 is 0 Å². The molecule has 98 valence electrons. The number of halogens is 1. The van der Waals surface area contributed by atoms with Gasteiger partial charge >= 0.3 is 0 Å². The Morgan fingerprint density at radius 2 is 1.76 bits per heavy atom. The minimum Gasteiger partial charge on any atom is -0.331 e. The Morgan fingerprint density at radius 3 is 2.18 bits per heavy atom. The van der Waals surface area contributed by atoms with Gasteiger partial charge in [-0.3, -0.25) is 9.69 Å². The molecule has 2 atom stereocenters. The van der Waals surface area contributed by atoms with E-state index in [1.54, 1.807) is 4.90 Å². The van der Waals surface area contributed by atoms with E-state index in [2.05, 4.69) is 39.2 Å². The summed E-state index contributed by atoms with van der Waals surface area (Å²) in [6.07, 6.45) is 0. The van der Waals surface area contributed by atoms with Crippen LogP contribution in [0.3, 0.4) is 0 Å². The van der Waals surface area contributed by atoms with E-state index in [0.717, 1.165) is 6.54 Å². The fourth-order valence-electron chi connectivity index (χ4n) is 2.50. The molecule has 2 unspecified atom stereocenters. The van der Waals surface area contributed by atoms with E-state index in [-0.39, 0.29) is 17.6 Å². The van der Waals surface area contributed by atoms with Crippen LogP contribution in [0.4, 0.5) is 4.39 Å². The quantitative estimate of drug-likeness (QED) is 0.658. The lowest BCUT2D eigenvalue weighted by atomic mass is 9.98. The second-order valence-corrected chi connectivity index (χ2v) is 5.88. The van der Waals surface area contributed by atoms with Crippen LogP contribution < -0.4 is 0 Å². The van der Waals surface area contributed by atoms with Gasteiger partial charge in [-0.15, -0.1) is 0 Å². The lowest BCUT2D eigenvalue weighted by Gasteiger charge is -2.49. The summed E-state index contributed by atoms with van der Waals surface area (Å²) in [5.41, 5.74) is 0.0650. The molecule has 1 rings (SSSR count). The minimum absolute atomic E-state index is 0.0189. The van der Waals surface area contributed by atoms with Crippen molar-refractivity contribution in [2.24, 2.45) is 0 Å². The van der Waals surface area contributed by atoms with Crippen LogP contribution in [0.25, 0.3) is 0 Å². The zero-order valence-electron chi connectivity index (χ0n) is 11.5. The van der Waals surface area contributed by atoms with Crippen molar-refractivity contribution in [2.45, 2.75) is 52.2 Å². The first-order chi connectivity index (χ1) is 7.64. The number of hydrogen-bond donors (Lipinski definition) is 0. The zero-order chi connectivity index (χ0) is 13.4. The molecule has 1 fully saturated rings. The van der Waals surface area contributed by atoms with Gasteiger partial charge in [0, 0.05) is 30.7 Å². The molecular formula is C13H23FN2O. The molecule has 1 heterocycles. The molecule has 0 N–H and O–H groups in total. The Bertz CT molecular complexity index is 322. The molecule has 0 radical (unpaired) electrons. The summed E-state index contributed by atoms with van der Waals surface area (Å²) >= 11 is 0. The predicted octanol–water partition coefficient (Wildman–Crippen LogP) is 2.19. The van der Waals surface area contributed by atoms with E-state index in [9.17, 15) is 9.18 Å². The molecule has 0 aromatic heterocycles. The van der Waals surface area contributed by atoms with E-state index in [4.69, 9.17) is 0 Å². The number of amides is 1. The molecule has 1 aliphatic rings. The maximum absolute atomic E-state index is 12.9. The number of rotatable bonds is 1. The summed E-state index contributed by atoms with van der Waals surface area (Å²) in [5.74, 6) is -1.44. The van der Waals surface area contributed by atoms with Crippen LogP contribution in [-0.4, -0.2) is 46.4 Å². The molecule has 3 nitrogen and oxygen atoms in total. The Balaban J connectivity index is 2.81. The maximum Gasteiger partial charge on any atom is 0.282 e. The molecule has 17 heavy (non-hydrogen) atoms. The highest BCUT2D eigenvalue weighted by Crippen LogP contribution is 2.24. The van der Waals surface area contributed by atoms with Gasteiger partial charge in [0.25, 0.3) is 5.91 Å². The smallest absolute Gasteiger partial charge is 0.282 e. The standard InChI is InChI=1S/C13H23FN2O/c1-9-8-16(13(4,5)6)10(2)7-15(9)12(17)11(3)14/h9-10H,3,7-8H2,1-2,4-6H3. The zero-order valence-corrected chi connectivity index (χ0v) is 11.5. The highest BCUT2D eigenvalue weighted by Gasteiger charge is 2.37. The molecule has 0 spiro atoms. The molecule has 1 aliphatic heterocycles. The Kier molecular flexibility index (Phi) is 3.97. The van der Waals surface area contributed by atoms with Crippen molar-refractivity contribution >= 4 is 5.91 Å². The van der Waals surface area contributed by atoms with Crippen molar-refractivity contribution in [3.63, 3.8) is 0 Å². The maximum atomic E-state index is 12.9. The number of carbonyl (C=O) groups excluding carboxylic acids is 1. The van der Waals surface area contributed by atoms with Gasteiger partial charge < -0.3 is 4.90 Å². The van der Waals surface area contributed by atoms with E-state index < -0.39 is 11.7 Å². The number of piperazine rings is 1.